The number of anilines is 1. The quantitative estimate of drug-likeness (QED) is 0.153. The van der Waals surface area contributed by atoms with Crippen LogP contribution >= 0.6 is 34.7 Å². The summed E-state index contributed by atoms with van der Waals surface area (Å²) in [7, 11) is 0. The third-order valence-corrected chi connectivity index (χ3v) is 7.49. The molecule has 2 aromatic carbocycles. The minimum Gasteiger partial charge on any atom is -0.491 e. The monoisotopic (exact) mass is 561 g/mol. The molecule has 0 radical (unpaired) electrons. The summed E-state index contributed by atoms with van der Waals surface area (Å²) in [4.78, 5) is 13.2. The van der Waals surface area contributed by atoms with Crippen molar-refractivity contribution in [1.29, 1.82) is 5.26 Å². The Labute approximate surface area is 234 Å². The van der Waals surface area contributed by atoms with Crippen LogP contribution < -0.4 is 10.1 Å². The van der Waals surface area contributed by atoms with E-state index in [1.165, 1.54) is 11.8 Å². The molecule has 2 heterocycles. The highest BCUT2D eigenvalue weighted by atomic mass is 35.5. The smallest absolute Gasteiger partial charge is 0.237 e. The number of nitriles is 1. The predicted molar refractivity (Wildman–Crippen MR) is 154 cm³/mol. The van der Waals surface area contributed by atoms with Gasteiger partial charge in [0.05, 0.1) is 24.4 Å². The molecule has 0 bridgehead atoms. The maximum absolute atomic E-state index is 10.2. The summed E-state index contributed by atoms with van der Waals surface area (Å²) in [5.74, 6) is 1.54. The molecule has 10 heteroatoms. The molecular weight excluding hydrogens is 538 g/mol. The van der Waals surface area contributed by atoms with Crippen molar-refractivity contribution >= 4 is 46.2 Å². The fourth-order valence-corrected chi connectivity index (χ4v) is 5.59. The maximum Gasteiger partial charge on any atom is 0.237 e. The number of nitrogens with one attached hydrogen (secondary N) is 1. The molecule has 0 atom stereocenters. The molecule has 0 aliphatic rings. The van der Waals surface area contributed by atoms with Crippen LogP contribution in [0.3, 0.4) is 0 Å². The number of aliphatic hydroxyl groups is 1. The summed E-state index contributed by atoms with van der Waals surface area (Å²) in [6.45, 7) is 11.9. The van der Waals surface area contributed by atoms with Crippen LogP contribution in [0.2, 0.25) is 5.02 Å². The van der Waals surface area contributed by atoms with Crippen LogP contribution in [0.4, 0.5) is 11.5 Å². The number of hydrogen-bond donors (Lipinski definition) is 2. The highest BCUT2D eigenvalue weighted by Crippen LogP contribution is 2.43. The third-order valence-electron chi connectivity index (χ3n) is 5.29. The van der Waals surface area contributed by atoms with Gasteiger partial charge >= 0.3 is 0 Å². The van der Waals surface area contributed by atoms with Crippen LogP contribution in [0.25, 0.3) is 26.5 Å². The first-order valence-corrected chi connectivity index (χ1v) is 14.0. The first-order chi connectivity index (χ1) is 18.4. The van der Waals surface area contributed by atoms with Crippen LogP contribution in [-0.4, -0.2) is 34.3 Å². The number of rotatable bonds is 10. The summed E-state index contributed by atoms with van der Waals surface area (Å²) in [6.07, 6.45) is 0. The van der Waals surface area contributed by atoms with Crippen LogP contribution in [0.1, 0.15) is 25.1 Å². The van der Waals surface area contributed by atoms with Crippen LogP contribution in [0.15, 0.2) is 58.9 Å². The largest absolute Gasteiger partial charge is 0.491 e. The van der Waals surface area contributed by atoms with E-state index in [-0.39, 0.29) is 19.3 Å². The van der Waals surface area contributed by atoms with E-state index in [2.05, 4.69) is 16.2 Å². The topological polar surface area (TPSA) is 95.4 Å². The van der Waals surface area contributed by atoms with E-state index in [0.717, 1.165) is 16.3 Å². The van der Waals surface area contributed by atoms with E-state index in [0.29, 0.717) is 49.7 Å². The van der Waals surface area contributed by atoms with Crippen molar-refractivity contribution in [3.05, 3.63) is 81.6 Å². The fraction of sp³-hybridized carbons (Fsp3) is 0.214. The van der Waals surface area contributed by atoms with Gasteiger partial charge in [0.15, 0.2) is 0 Å². The molecular formula is C28H24ClN5O2S2. The molecule has 2 N–H and O–H groups in total. The number of nitrogens with zero attached hydrogens (tertiary/aromatic N) is 4. The number of pyridine rings is 1. The molecule has 0 spiro atoms. The van der Waals surface area contributed by atoms with E-state index >= 15 is 0 Å². The molecule has 4 rings (SSSR count). The molecule has 2 aromatic heterocycles. The van der Waals surface area contributed by atoms with Gasteiger partial charge in [-0.2, -0.15) is 5.26 Å². The average molecular weight is 562 g/mol. The molecule has 0 aliphatic heterocycles. The number of hydrogen-bond acceptors (Lipinski definition) is 8. The second kappa shape index (κ2) is 12.8. The van der Waals surface area contributed by atoms with Crippen LogP contribution in [0.5, 0.6) is 5.75 Å². The molecule has 0 unspecified atom stereocenters. The van der Waals surface area contributed by atoms with Crippen molar-refractivity contribution in [1.82, 2.24) is 9.97 Å². The van der Waals surface area contributed by atoms with Gasteiger partial charge in [0, 0.05) is 33.3 Å². The Hall–Kier alpha value is -3.60. The molecule has 0 aliphatic carbocycles. The highest BCUT2D eigenvalue weighted by molar-refractivity contribution is 7.98. The second-order valence-electron chi connectivity index (χ2n) is 8.42. The number of benzene rings is 2. The molecule has 4 aromatic rings. The molecule has 38 heavy (non-hydrogen) atoms. The first-order valence-electron chi connectivity index (χ1n) is 11.7. The Morgan fingerprint density at radius 1 is 1.16 bits per heavy atom. The maximum atomic E-state index is 10.2. The Bertz CT molecular complexity index is 1490. The van der Waals surface area contributed by atoms with Gasteiger partial charge in [0.1, 0.15) is 34.3 Å². The first kappa shape index (κ1) is 27.4. The van der Waals surface area contributed by atoms with E-state index in [4.69, 9.17) is 38.0 Å². The van der Waals surface area contributed by atoms with E-state index < -0.39 is 0 Å². The van der Waals surface area contributed by atoms with Crippen molar-refractivity contribution in [2.75, 3.05) is 18.5 Å². The number of halogens is 1. The Morgan fingerprint density at radius 3 is 2.50 bits per heavy atom. The van der Waals surface area contributed by atoms with Crippen LogP contribution in [-0.2, 0) is 5.75 Å². The number of aromatic nitrogens is 2. The number of ether oxygens (including phenoxy) is 1. The lowest BCUT2D eigenvalue weighted by molar-refractivity contribution is 0.201. The zero-order valence-electron chi connectivity index (χ0n) is 20.7. The second-order valence-corrected chi connectivity index (χ2v) is 10.7. The Kier molecular flexibility index (Phi) is 9.22. The van der Waals surface area contributed by atoms with Gasteiger partial charge in [-0.25, -0.2) is 14.8 Å². The van der Waals surface area contributed by atoms with Gasteiger partial charge in [-0.1, -0.05) is 47.6 Å². The molecule has 0 fully saturated rings. The van der Waals surface area contributed by atoms with Crippen molar-refractivity contribution in [2.24, 2.45) is 0 Å². The van der Waals surface area contributed by atoms with Crippen LogP contribution in [0, 0.1) is 17.9 Å². The van der Waals surface area contributed by atoms with Gasteiger partial charge in [0.25, 0.3) is 0 Å². The third kappa shape index (κ3) is 6.45. The standard InChI is InChI=1S/C28H24ClN5O2S2/c1-17(2)32-26-25(31-3)24(18-6-10-22(11-7-18)36-13-12-35)23(14-30)28(34-26)38-16-21-15-37-27(33-21)19-4-8-20(29)9-5-19/h4-11,15,17,35H,12-13,16H2,1-2H3,(H,32,34). The summed E-state index contributed by atoms with van der Waals surface area (Å²) in [5.41, 5.74) is 3.73. The lowest BCUT2D eigenvalue weighted by Gasteiger charge is -2.18. The van der Waals surface area contributed by atoms with Crippen molar-refractivity contribution < 1.29 is 9.84 Å². The zero-order valence-corrected chi connectivity index (χ0v) is 23.1. The molecule has 0 saturated carbocycles. The molecule has 7 nitrogen and oxygen atoms in total. The summed E-state index contributed by atoms with van der Waals surface area (Å²) < 4.78 is 5.47. The van der Waals surface area contributed by atoms with Crippen molar-refractivity contribution in [3.63, 3.8) is 0 Å². The normalized spacial score (nSPS) is 10.7. The van der Waals surface area contributed by atoms with Gasteiger partial charge in [-0.3, -0.25) is 0 Å². The number of aliphatic hydroxyl groups excluding tert-OH is 1. The van der Waals surface area contributed by atoms with Crippen molar-refractivity contribution in [3.8, 4) is 33.5 Å². The minimum atomic E-state index is -0.0858. The Morgan fingerprint density at radius 2 is 1.87 bits per heavy atom. The van der Waals surface area contributed by atoms with E-state index in [1.54, 1.807) is 23.5 Å². The fourth-order valence-electron chi connectivity index (χ4n) is 3.65. The van der Waals surface area contributed by atoms with E-state index in [9.17, 15) is 5.26 Å². The minimum absolute atomic E-state index is 0.0383. The number of thioether (sulfide) groups is 1. The molecule has 0 saturated heterocycles. The molecule has 192 valence electrons. The predicted octanol–water partition coefficient (Wildman–Crippen LogP) is 7.43. The average Bonchev–Trinajstić information content (AvgIpc) is 3.39. The molecule has 0 amide bonds. The Balaban J connectivity index is 1.70. The van der Waals surface area contributed by atoms with E-state index in [1.807, 2.05) is 55.6 Å². The van der Waals surface area contributed by atoms with Gasteiger partial charge in [-0.15, -0.1) is 11.3 Å². The number of thiazole rings is 1. The SMILES string of the molecule is [C-]#[N+]c1c(NC(C)C)nc(SCc2csc(-c3ccc(Cl)cc3)n2)c(C#N)c1-c1ccc(OCCO)cc1. The summed E-state index contributed by atoms with van der Waals surface area (Å²) >= 11 is 8.97. The van der Waals surface area contributed by atoms with Crippen molar-refractivity contribution in [2.45, 2.75) is 30.7 Å². The van der Waals surface area contributed by atoms with Gasteiger partial charge in [-0.05, 0) is 43.7 Å². The zero-order chi connectivity index (χ0) is 27.1. The summed E-state index contributed by atoms with van der Waals surface area (Å²) in [5, 5.41) is 26.6. The lowest BCUT2D eigenvalue weighted by atomic mass is 9.99. The summed E-state index contributed by atoms with van der Waals surface area (Å²) in [6, 6.07) is 17.0. The van der Waals surface area contributed by atoms with Gasteiger partial charge in [0.2, 0.25) is 5.69 Å². The van der Waals surface area contributed by atoms with Gasteiger partial charge < -0.3 is 15.2 Å². The lowest BCUT2D eigenvalue weighted by Crippen LogP contribution is -2.12. The highest BCUT2D eigenvalue weighted by Gasteiger charge is 2.23.